The number of nitrogens with zero attached hydrogens (tertiary/aromatic N) is 1. The van der Waals surface area contributed by atoms with Crippen LogP contribution in [0.2, 0.25) is 0 Å². The van der Waals surface area contributed by atoms with Crippen molar-refractivity contribution in [3.63, 3.8) is 0 Å². The zero-order valence-corrected chi connectivity index (χ0v) is 12.5. The van der Waals surface area contributed by atoms with Gasteiger partial charge in [0.1, 0.15) is 0 Å². The molecule has 0 saturated carbocycles. The normalized spacial score (nSPS) is 13.4. The molecule has 18 heavy (non-hydrogen) atoms. The summed E-state index contributed by atoms with van der Waals surface area (Å²) in [5, 5.41) is 9.18. The zero-order valence-electron chi connectivity index (χ0n) is 12.5. The molecule has 0 heterocycles. The second kappa shape index (κ2) is 5.57. The van der Waals surface area contributed by atoms with E-state index in [9.17, 15) is 5.26 Å². The van der Waals surface area contributed by atoms with Gasteiger partial charge in [0.15, 0.2) is 0 Å². The van der Waals surface area contributed by atoms with Gasteiger partial charge in [-0.15, -0.1) is 0 Å². The molecule has 0 saturated heterocycles. The molecule has 1 unspecified atom stereocenters. The van der Waals surface area contributed by atoms with E-state index in [2.05, 4.69) is 65.8 Å². The fourth-order valence-electron chi connectivity index (χ4n) is 2.06. The van der Waals surface area contributed by atoms with Crippen LogP contribution in [0.5, 0.6) is 0 Å². The molecule has 0 radical (unpaired) electrons. The minimum Gasteiger partial charge on any atom is -0.198 e. The monoisotopic (exact) mass is 243 g/mol. The Labute approximate surface area is 112 Å². The summed E-state index contributed by atoms with van der Waals surface area (Å²) in [5.74, 6) is 0.529. The SMILES string of the molecule is Cc1cc(C(C)(C)C)ccc1CC(C#N)C(C)C. The molecule has 0 aliphatic carbocycles. The van der Waals surface area contributed by atoms with Gasteiger partial charge in [-0.2, -0.15) is 5.26 Å². The summed E-state index contributed by atoms with van der Waals surface area (Å²) < 4.78 is 0. The van der Waals surface area contributed by atoms with Crippen LogP contribution in [0.15, 0.2) is 18.2 Å². The molecule has 0 spiro atoms. The van der Waals surface area contributed by atoms with Gasteiger partial charge in [0.05, 0.1) is 12.0 Å². The maximum absolute atomic E-state index is 9.18. The third-order valence-corrected chi connectivity index (χ3v) is 3.62. The molecule has 0 fully saturated rings. The summed E-state index contributed by atoms with van der Waals surface area (Å²) in [6, 6.07) is 9.09. The third kappa shape index (κ3) is 3.60. The number of benzene rings is 1. The molecular weight excluding hydrogens is 218 g/mol. The van der Waals surface area contributed by atoms with E-state index in [-0.39, 0.29) is 11.3 Å². The maximum Gasteiger partial charge on any atom is 0.0661 e. The van der Waals surface area contributed by atoms with Crippen molar-refractivity contribution in [1.82, 2.24) is 0 Å². The smallest absolute Gasteiger partial charge is 0.0661 e. The molecule has 1 rings (SSSR count). The topological polar surface area (TPSA) is 23.8 Å². The molecule has 0 aliphatic rings. The predicted molar refractivity (Wildman–Crippen MR) is 77.5 cm³/mol. The molecule has 0 aromatic heterocycles. The van der Waals surface area contributed by atoms with Gasteiger partial charge < -0.3 is 0 Å². The second-order valence-corrected chi connectivity index (χ2v) is 6.57. The van der Waals surface area contributed by atoms with Crippen molar-refractivity contribution in [2.75, 3.05) is 0 Å². The number of nitriles is 1. The highest BCUT2D eigenvalue weighted by atomic mass is 14.3. The van der Waals surface area contributed by atoms with Crippen molar-refractivity contribution in [3.8, 4) is 6.07 Å². The molecule has 1 nitrogen and oxygen atoms in total. The lowest BCUT2D eigenvalue weighted by Gasteiger charge is -2.21. The lowest BCUT2D eigenvalue weighted by atomic mass is 9.83. The highest BCUT2D eigenvalue weighted by Gasteiger charge is 2.17. The van der Waals surface area contributed by atoms with E-state index in [0.29, 0.717) is 5.92 Å². The second-order valence-electron chi connectivity index (χ2n) is 6.57. The van der Waals surface area contributed by atoms with E-state index in [0.717, 1.165) is 6.42 Å². The van der Waals surface area contributed by atoms with Crippen molar-refractivity contribution >= 4 is 0 Å². The minimum absolute atomic E-state index is 0.115. The van der Waals surface area contributed by atoms with Gasteiger partial charge in [0.25, 0.3) is 0 Å². The van der Waals surface area contributed by atoms with Crippen LogP contribution in [0.25, 0.3) is 0 Å². The first-order valence-corrected chi connectivity index (χ1v) is 6.75. The van der Waals surface area contributed by atoms with Crippen molar-refractivity contribution < 1.29 is 0 Å². The summed E-state index contributed by atoms with van der Waals surface area (Å²) in [4.78, 5) is 0. The van der Waals surface area contributed by atoms with Gasteiger partial charge in [-0.1, -0.05) is 52.8 Å². The number of aryl methyl sites for hydroxylation is 1. The van der Waals surface area contributed by atoms with Crippen LogP contribution in [-0.2, 0) is 11.8 Å². The number of hydrogen-bond donors (Lipinski definition) is 0. The lowest BCUT2D eigenvalue weighted by molar-refractivity contribution is 0.473. The molecule has 0 bridgehead atoms. The Bertz CT molecular complexity index is 444. The van der Waals surface area contributed by atoms with Crippen LogP contribution in [0.1, 0.15) is 51.3 Å². The molecule has 1 atom stereocenters. The van der Waals surface area contributed by atoms with E-state index in [1.54, 1.807) is 0 Å². The van der Waals surface area contributed by atoms with E-state index >= 15 is 0 Å². The Balaban J connectivity index is 2.97. The maximum atomic E-state index is 9.18. The van der Waals surface area contributed by atoms with Crippen LogP contribution in [0.4, 0.5) is 0 Å². The molecule has 98 valence electrons. The van der Waals surface area contributed by atoms with Crippen molar-refractivity contribution in [1.29, 1.82) is 5.26 Å². The van der Waals surface area contributed by atoms with Crippen LogP contribution in [0.3, 0.4) is 0 Å². The predicted octanol–water partition coefficient (Wildman–Crippen LogP) is 4.63. The van der Waals surface area contributed by atoms with E-state index in [1.165, 1.54) is 16.7 Å². The number of rotatable bonds is 3. The Morgan fingerprint density at radius 3 is 2.22 bits per heavy atom. The molecule has 0 amide bonds. The first kappa shape index (κ1) is 14.8. The molecule has 0 aliphatic heterocycles. The summed E-state index contributed by atoms with van der Waals surface area (Å²) in [5.41, 5.74) is 4.17. The van der Waals surface area contributed by atoms with Crippen molar-refractivity contribution in [2.45, 2.75) is 53.4 Å². The van der Waals surface area contributed by atoms with Crippen molar-refractivity contribution in [3.05, 3.63) is 34.9 Å². The fourth-order valence-corrected chi connectivity index (χ4v) is 2.06. The van der Waals surface area contributed by atoms with Crippen molar-refractivity contribution in [2.24, 2.45) is 11.8 Å². The largest absolute Gasteiger partial charge is 0.198 e. The van der Waals surface area contributed by atoms with Gasteiger partial charge in [-0.25, -0.2) is 0 Å². The van der Waals surface area contributed by atoms with Gasteiger partial charge in [0, 0.05) is 0 Å². The van der Waals surface area contributed by atoms with E-state index < -0.39 is 0 Å². The first-order valence-electron chi connectivity index (χ1n) is 6.75. The third-order valence-electron chi connectivity index (χ3n) is 3.62. The average Bonchev–Trinajstić information content (AvgIpc) is 2.25. The van der Waals surface area contributed by atoms with E-state index in [4.69, 9.17) is 0 Å². The Morgan fingerprint density at radius 1 is 1.22 bits per heavy atom. The summed E-state index contributed by atoms with van der Waals surface area (Å²) in [6.45, 7) is 13.1. The molecule has 1 aromatic carbocycles. The van der Waals surface area contributed by atoms with Crippen LogP contribution >= 0.6 is 0 Å². The molecule has 0 N–H and O–H groups in total. The van der Waals surface area contributed by atoms with Crippen LogP contribution in [0, 0.1) is 30.1 Å². The summed E-state index contributed by atoms with van der Waals surface area (Å²) in [6.07, 6.45) is 0.865. The Hall–Kier alpha value is -1.29. The quantitative estimate of drug-likeness (QED) is 0.759. The fraction of sp³-hybridized carbons (Fsp3) is 0.588. The highest BCUT2D eigenvalue weighted by Crippen LogP contribution is 2.26. The van der Waals surface area contributed by atoms with Crippen LogP contribution < -0.4 is 0 Å². The van der Waals surface area contributed by atoms with Gasteiger partial charge in [-0.05, 0) is 41.4 Å². The standard InChI is InChI=1S/C17H25N/c1-12(2)15(11-18)10-14-7-8-16(9-13(14)3)17(4,5)6/h7-9,12,15H,10H2,1-6H3. The average molecular weight is 243 g/mol. The number of hydrogen-bond acceptors (Lipinski definition) is 1. The van der Waals surface area contributed by atoms with E-state index in [1.807, 2.05) is 0 Å². The molecule has 1 aromatic rings. The lowest BCUT2D eigenvalue weighted by Crippen LogP contribution is -2.13. The van der Waals surface area contributed by atoms with Crippen LogP contribution in [-0.4, -0.2) is 0 Å². The molecule has 1 heteroatoms. The summed E-state index contributed by atoms with van der Waals surface area (Å²) in [7, 11) is 0. The Kier molecular flexibility index (Phi) is 4.57. The van der Waals surface area contributed by atoms with Gasteiger partial charge in [-0.3, -0.25) is 0 Å². The molecular formula is C17H25N. The highest BCUT2D eigenvalue weighted by molar-refractivity contribution is 5.35. The Morgan fingerprint density at radius 2 is 1.83 bits per heavy atom. The minimum atomic E-state index is 0.115. The van der Waals surface area contributed by atoms with Gasteiger partial charge in [0.2, 0.25) is 0 Å². The zero-order chi connectivity index (χ0) is 13.9. The summed E-state index contributed by atoms with van der Waals surface area (Å²) >= 11 is 0. The van der Waals surface area contributed by atoms with Gasteiger partial charge >= 0.3 is 0 Å². The first-order chi connectivity index (χ1) is 8.25.